The molecule has 1 rings (SSSR count). The summed E-state index contributed by atoms with van der Waals surface area (Å²) >= 11 is 0. The zero-order chi connectivity index (χ0) is 10.4. The van der Waals surface area contributed by atoms with Gasteiger partial charge in [0.15, 0.2) is 0 Å². The van der Waals surface area contributed by atoms with Gasteiger partial charge in [0.05, 0.1) is 7.11 Å². The molecule has 92 valence electrons. The van der Waals surface area contributed by atoms with Gasteiger partial charge < -0.3 is 10.5 Å². The average Bonchev–Trinajstić information content (AvgIpc) is 2.26. The first-order chi connectivity index (χ1) is 6.74. The number of carbonyl (C=O) groups is 1. The minimum Gasteiger partial charge on any atom is -0.468 e. The smallest absolute Gasteiger partial charge is 0.322 e. The van der Waals surface area contributed by atoms with Crippen LogP contribution < -0.4 is 5.73 Å². The lowest BCUT2D eigenvalue weighted by Gasteiger charge is -2.08. The van der Waals surface area contributed by atoms with E-state index in [2.05, 4.69) is 9.72 Å². The summed E-state index contributed by atoms with van der Waals surface area (Å²) in [6.45, 7) is 0. The number of nitrogens with zero attached hydrogens (tertiary/aromatic N) is 1. The molecule has 0 aromatic carbocycles. The van der Waals surface area contributed by atoms with E-state index in [1.807, 2.05) is 12.1 Å². The summed E-state index contributed by atoms with van der Waals surface area (Å²) in [4.78, 5) is 14.9. The standard InChI is InChI=1S/C10H14N2O2.2ClH/c1-14-10(13)9(11)3-2-8-4-6-12-7-5-8;;/h4-7,9H,2-3,11H2,1H3;2*1H. The van der Waals surface area contributed by atoms with Crippen molar-refractivity contribution < 1.29 is 9.53 Å². The van der Waals surface area contributed by atoms with Crippen LogP contribution in [0.2, 0.25) is 0 Å². The summed E-state index contributed by atoms with van der Waals surface area (Å²) in [7, 11) is 1.34. The molecule has 0 fully saturated rings. The number of esters is 1. The van der Waals surface area contributed by atoms with Crippen molar-refractivity contribution in [3.8, 4) is 0 Å². The summed E-state index contributed by atoms with van der Waals surface area (Å²) in [5.41, 5.74) is 6.71. The van der Waals surface area contributed by atoms with Crippen LogP contribution in [-0.4, -0.2) is 24.1 Å². The Labute approximate surface area is 107 Å². The van der Waals surface area contributed by atoms with E-state index in [-0.39, 0.29) is 30.8 Å². The van der Waals surface area contributed by atoms with Gasteiger partial charge in [0.25, 0.3) is 0 Å². The summed E-state index contributed by atoms with van der Waals surface area (Å²) in [6.07, 6.45) is 4.80. The molecule has 0 aliphatic carbocycles. The molecule has 0 aliphatic rings. The maximum atomic E-state index is 11.0. The van der Waals surface area contributed by atoms with E-state index in [1.54, 1.807) is 12.4 Å². The molecule has 16 heavy (non-hydrogen) atoms. The van der Waals surface area contributed by atoms with Crippen LogP contribution in [0.4, 0.5) is 0 Å². The van der Waals surface area contributed by atoms with Gasteiger partial charge in [-0.25, -0.2) is 0 Å². The van der Waals surface area contributed by atoms with Crippen molar-refractivity contribution in [2.45, 2.75) is 18.9 Å². The molecule has 0 amide bonds. The Morgan fingerprint density at radius 1 is 1.44 bits per heavy atom. The molecule has 2 N–H and O–H groups in total. The number of aromatic nitrogens is 1. The normalized spacial score (nSPS) is 10.6. The third kappa shape index (κ3) is 5.90. The van der Waals surface area contributed by atoms with Crippen LogP contribution in [-0.2, 0) is 16.0 Å². The van der Waals surface area contributed by atoms with Gasteiger partial charge >= 0.3 is 5.97 Å². The zero-order valence-electron chi connectivity index (χ0n) is 8.96. The van der Waals surface area contributed by atoms with E-state index in [4.69, 9.17) is 5.73 Å². The first-order valence-corrected chi connectivity index (χ1v) is 4.46. The summed E-state index contributed by atoms with van der Waals surface area (Å²) in [6, 6.07) is 3.28. The van der Waals surface area contributed by atoms with E-state index < -0.39 is 6.04 Å². The topological polar surface area (TPSA) is 65.2 Å². The lowest BCUT2D eigenvalue weighted by atomic mass is 10.1. The van der Waals surface area contributed by atoms with Gasteiger partial charge in [0.2, 0.25) is 0 Å². The largest absolute Gasteiger partial charge is 0.468 e. The summed E-state index contributed by atoms with van der Waals surface area (Å²) in [5.74, 6) is -0.362. The molecule has 0 aliphatic heterocycles. The maximum absolute atomic E-state index is 11.0. The molecule has 0 spiro atoms. The van der Waals surface area contributed by atoms with Crippen molar-refractivity contribution in [2.75, 3.05) is 7.11 Å². The fourth-order valence-corrected chi connectivity index (χ4v) is 1.14. The molecule has 1 aromatic rings. The first-order valence-electron chi connectivity index (χ1n) is 4.46. The van der Waals surface area contributed by atoms with Crippen molar-refractivity contribution >= 4 is 30.8 Å². The van der Waals surface area contributed by atoms with Crippen molar-refractivity contribution in [3.05, 3.63) is 30.1 Å². The van der Waals surface area contributed by atoms with Gasteiger partial charge in [0, 0.05) is 12.4 Å². The molecule has 0 saturated carbocycles. The number of pyridine rings is 1. The third-order valence-electron chi connectivity index (χ3n) is 2.00. The van der Waals surface area contributed by atoms with E-state index in [9.17, 15) is 4.79 Å². The number of hydrogen-bond donors (Lipinski definition) is 1. The number of halogens is 2. The second-order valence-electron chi connectivity index (χ2n) is 3.02. The number of aryl methyl sites for hydroxylation is 1. The second kappa shape index (κ2) is 9.39. The van der Waals surface area contributed by atoms with Gasteiger partial charge in [-0.3, -0.25) is 9.78 Å². The molecule has 1 atom stereocenters. The van der Waals surface area contributed by atoms with Gasteiger partial charge in [-0.2, -0.15) is 0 Å². The highest BCUT2D eigenvalue weighted by atomic mass is 35.5. The Morgan fingerprint density at radius 2 is 2.00 bits per heavy atom. The number of methoxy groups -OCH3 is 1. The van der Waals surface area contributed by atoms with E-state index in [1.165, 1.54) is 7.11 Å². The molecule has 1 unspecified atom stereocenters. The lowest BCUT2D eigenvalue weighted by Crippen LogP contribution is -2.31. The second-order valence-corrected chi connectivity index (χ2v) is 3.02. The Bertz CT molecular complexity index is 296. The predicted molar refractivity (Wildman–Crippen MR) is 67.0 cm³/mol. The minimum absolute atomic E-state index is 0. The van der Waals surface area contributed by atoms with Crippen molar-refractivity contribution in [1.82, 2.24) is 4.98 Å². The number of hydrogen-bond acceptors (Lipinski definition) is 4. The van der Waals surface area contributed by atoms with Gasteiger partial charge in [-0.05, 0) is 30.5 Å². The monoisotopic (exact) mass is 266 g/mol. The maximum Gasteiger partial charge on any atom is 0.322 e. The van der Waals surface area contributed by atoms with E-state index in [0.717, 1.165) is 12.0 Å². The number of rotatable bonds is 4. The van der Waals surface area contributed by atoms with Gasteiger partial charge in [-0.1, -0.05) is 0 Å². The Hall–Kier alpha value is -0.840. The molecular weight excluding hydrogens is 251 g/mol. The third-order valence-corrected chi connectivity index (χ3v) is 2.00. The SMILES string of the molecule is COC(=O)C(N)CCc1ccncc1.Cl.Cl. The molecule has 0 radical (unpaired) electrons. The fourth-order valence-electron chi connectivity index (χ4n) is 1.14. The molecule has 6 heteroatoms. The van der Waals surface area contributed by atoms with Gasteiger partial charge in [0.1, 0.15) is 6.04 Å². The van der Waals surface area contributed by atoms with Crippen molar-refractivity contribution in [1.29, 1.82) is 0 Å². The Balaban J connectivity index is 0. The van der Waals surface area contributed by atoms with Crippen LogP contribution in [0, 0.1) is 0 Å². The zero-order valence-corrected chi connectivity index (χ0v) is 10.6. The van der Waals surface area contributed by atoms with Crippen LogP contribution in [0.15, 0.2) is 24.5 Å². The molecule has 4 nitrogen and oxygen atoms in total. The highest BCUT2D eigenvalue weighted by molar-refractivity contribution is 5.85. The number of carbonyl (C=O) groups excluding carboxylic acids is 1. The van der Waals surface area contributed by atoms with E-state index >= 15 is 0 Å². The highest BCUT2D eigenvalue weighted by Gasteiger charge is 2.12. The predicted octanol–water partition coefficient (Wildman–Crippen LogP) is 1.36. The molecule has 0 bridgehead atoms. The molecular formula is C10H16Cl2N2O2. The molecule has 0 saturated heterocycles. The van der Waals surface area contributed by atoms with Crippen molar-refractivity contribution in [2.24, 2.45) is 5.73 Å². The first kappa shape index (κ1) is 17.6. The van der Waals surface area contributed by atoms with Crippen LogP contribution in [0.3, 0.4) is 0 Å². The van der Waals surface area contributed by atoms with Crippen LogP contribution in [0.25, 0.3) is 0 Å². The highest BCUT2D eigenvalue weighted by Crippen LogP contribution is 2.03. The van der Waals surface area contributed by atoms with E-state index in [0.29, 0.717) is 6.42 Å². The summed E-state index contributed by atoms with van der Waals surface area (Å²) < 4.78 is 4.52. The van der Waals surface area contributed by atoms with Gasteiger partial charge in [-0.15, -0.1) is 24.8 Å². The number of ether oxygens (including phenoxy) is 1. The number of nitrogens with two attached hydrogens (primary N) is 1. The minimum atomic E-state index is -0.534. The van der Waals surface area contributed by atoms with Crippen LogP contribution in [0.5, 0.6) is 0 Å². The average molecular weight is 267 g/mol. The molecule has 1 aromatic heterocycles. The van der Waals surface area contributed by atoms with Crippen molar-refractivity contribution in [3.63, 3.8) is 0 Å². The Morgan fingerprint density at radius 3 is 2.50 bits per heavy atom. The van der Waals surface area contributed by atoms with Crippen LogP contribution >= 0.6 is 24.8 Å². The van der Waals surface area contributed by atoms with Crippen LogP contribution in [0.1, 0.15) is 12.0 Å². The quantitative estimate of drug-likeness (QED) is 0.836. The summed E-state index contributed by atoms with van der Waals surface area (Å²) in [5, 5.41) is 0. The fraction of sp³-hybridized carbons (Fsp3) is 0.400. The lowest BCUT2D eigenvalue weighted by molar-refractivity contribution is -0.142. The Kier molecular flexibility index (Phi) is 10.3. The molecule has 1 heterocycles.